The molecule has 1 unspecified atom stereocenters. The Balaban J connectivity index is 2.37. The number of aliphatic carboxylic acids is 1. The molecule has 1 atom stereocenters. The van der Waals surface area contributed by atoms with E-state index in [0.29, 0.717) is 12.2 Å². The van der Waals surface area contributed by atoms with Gasteiger partial charge in [-0.15, -0.1) is 11.3 Å². The molecule has 2 heterocycles. The number of aromatic nitrogens is 2. The van der Waals surface area contributed by atoms with E-state index in [1.807, 2.05) is 25.3 Å². The first kappa shape index (κ1) is 13.7. The van der Waals surface area contributed by atoms with Gasteiger partial charge in [-0.1, -0.05) is 20.3 Å². The van der Waals surface area contributed by atoms with E-state index in [-0.39, 0.29) is 0 Å². The molecule has 0 spiro atoms. The summed E-state index contributed by atoms with van der Waals surface area (Å²) in [5.74, 6) is 0.518. The van der Waals surface area contributed by atoms with Gasteiger partial charge in [-0.05, 0) is 17.9 Å². The number of fused-ring (bicyclic) bond motifs is 1. The van der Waals surface area contributed by atoms with E-state index in [2.05, 4.69) is 15.3 Å². The number of carbonyl (C=O) groups is 1. The average Bonchev–Trinajstić information content (AvgIpc) is 2.86. The van der Waals surface area contributed by atoms with Gasteiger partial charge in [-0.25, -0.2) is 14.8 Å². The van der Waals surface area contributed by atoms with Crippen molar-refractivity contribution >= 4 is 33.3 Å². The van der Waals surface area contributed by atoms with Crippen molar-refractivity contribution in [2.24, 2.45) is 0 Å². The number of hydrogen-bond donors (Lipinski definition) is 2. The average molecular weight is 279 g/mol. The van der Waals surface area contributed by atoms with Crippen LogP contribution in [0.5, 0.6) is 0 Å². The number of nitrogens with one attached hydrogen (secondary N) is 1. The predicted molar refractivity (Wildman–Crippen MR) is 76.7 cm³/mol. The summed E-state index contributed by atoms with van der Waals surface area (Å²) in [6.07, 6.45) is 2.11. The largest absolute Gasteiger partial charge is 0.480 e. The Labute approximate surface area is 115 Å². The van der Waals surface area contributed by atoms with Crippen LogP contribution in [0.15, 0.2) is 11.4 Å². The highest BCUT2D eigenvalue weighted by molar-refractivity contribution is 7.16. The maximum absolute atomic E-state index is 11.2. The lowest BCUT2D eigenvalue weighted by Gasteiger charge is -2.15. The monoisotopic (exact) mass is 279 g/mol. The van der Waals surface area contributed by atoms with Crippen molar-refractivity contribution in [3.05, 3.63) is 17.3 Å². The van der Waals surface area contributed by atoms with Crippen LogP contribution in [0.4, 0.5) is 5.82 Å². The number of hydrogen-bond acceptors (Lipinski definition) is 5. The number of carboxylic acid groups (broad SMARTS) is 1. The van der Waals surface area contributed by atoms with E-state index in [0.717, 1.165) is 28.9 Å². The fourth-order valence-electron chi connectivity index (χ4n) is 1.88. The molecule has 0 saturated heterocycles. The van der Waals surface area contributed by atoms with Gasteiger partial charge in [-0.3, -0.25) is 0 Å². The van der Waals surface area contributed by atoms with Gasteiger partial charge in [0, 0.05) is 6.42 Å². The minimum absolute atomic E-state index is 0.576. The van der Waals surface area contributed by atoms with E-state index >= 15 is 0 Å². The lowest BCUT2D eigenvalue weighted by molar-refractivity contribution is -0.138. The molecule has 0 aliphatic heterocycles. The predicted octanol–water partition coefficient (Wildman–Crippen LogP) is 2.92. The SMILES string of the molecule is CCCC(Nc1nc(CC)nc2sccc12)C(=O)O. The highest BCUT2D eigenvalue weighted by Crippen LogP contribution is 2.26. The topological polar surface area (TPSA) is 75.1 Å². The Bertz CT molecular complexity index is 582. The van der Waals surface area contributed by atoms with Gasteiger partial charge in [0.15, 0.2) is 0 Å². The third-order valence-electron chi connectivity index (χ3n) is 2.87. The zero-order valence-electron chi connectivity index (χ0n) is 11.0. The molecule has 6 heteroatoms. The first-order valence-electron chi connectivity index (χ1n) is 6.39. The van der Waals surface area contributed by atoms with Gasteiger partial charge in [0.25, 0.3) is 0 Å². The molecular formula is C13H17N3O2S. The van der Waals surface area contributed by atoms with E-state index in [1.54, 1.807) is 11.3 Å². The van der Waals surface area contributed by atoms with Gasteiger partial charge in [0.2, 0.25) is 0 Å². The van der Waals surface area contributed by atoms with Crippen molar-refractivity contribution in [2.75, 3.05) is 5.32 Å². The summed E-state index contributed by atoms with van der Waals surface area (Å²) >= 11 is 1.54. The molecule has 5 nitrogen and oxygen atoms in total. The summed E-state index contributed by atoms with van der Waals surface area (Å²) in [4.78, 5) is 21.0. The van der Waals surface area contributed by atoms with Crippen molar-refractivity contribution in [3.63, 3.8) is 0 Å². The van der Waals surface area contributed by atoms with Crippen LogP contribution in [0.1, 0.15) is 32.5 Å². The Kier molecular flexibility index (Phi) is 4.31. The standard InChI is InChI=1S/C13H17N3O2S/c1-3-5-9(13(17)18)14-11-8-6-7-19-12(8)16-10(4-2)15-11/h6-7,9H,3-5H2,1-2H3,(H,17,18)(H,14,15,16). The number of thiophene rings is 1. The third kappa shape index (κ3) is 3.01. The quantitative estimate of drug-likeness (QED) is 0.850. The molecule has 0 aromatic carbocycles. The van der Waals surface area contributed by atoms with E-state index in [1.165, 1.54) is 0 Å². The fourth-order valence-corrected chi connectivity index (χ4v) is 2.66. The van der Waals surface area contributed by atoms with Gasteiger partial charge in [0.05, 0.1) is 5.39 Å². The summed E-state index contributed by atoms with van der Waals surface area (Å²) in [5.41, 5.74) is 0. The van der Waals surface area contributed by atoms with Gasteiger partial charge < -0.3 is 10.4 Å². The zero-order valence-corrected chi connectivity index (χ0v) is 11.8. The van der Waals surface area contributed by atoms with Gasteiger partial charge in [-0.2, -0.15) is 0 Å². The van der Waals surface area contributed by atoms with Gasteiger partial charge in [0.1, 0.15) is 22.5 Å². The second kappa shape index (κ2) is 5.97. The molecule has 0 radical (unpaired) electrons. The molecule has 19 heavy (non-hydrogen) atoms. The van der Waals surface area contributed by atoms with Crippen LogP contribution in [0.3, 0.4) is 0 Å². The fraction of sp³-hybridized carbons (Fsp3) is 0.462. The lowest BCUT2D eigenvalue weighted by Crippen LogP contribution is -2.29. The molecule has 0 amide bonds. The molecule has 2 N–H and O–H groups in total. The zero-order chi connectivity index (χ0) is 13.8. The molecule has 2 rings (SSSR count). The molecule has 2 aromatic rings. The molecule has 0 aliphatic rings. The van der Waals surface area contributed by atoms with Crippen molar-refractivity contribution in [1.29, 1.82) is 0 Å². The number of nitrogens with zero attached hydrogens (tertiary/aromatic N) is 2. The van der Waals surface area contributed by atoms with Gasteiger partial charge >= 0.3 is 5.97 Å². The molecule has 0 bridgehead atoms. The summed E-state index contributed by atoms with van der Waals surface area (Å²) in [6.45, 7) is 3.95. The van der Waals surface area contributed by atoms with Crippen molar-refractivity contribution in [1.82, 2.24) is 9.97 Å². The van der Waals surface area contributed by atoms with Crippen molar-refractivity contribution < 1.29 is 9.90 Å². The number of anilines is 1. The van der Waals surface area contributed by atoms with Crippen LogP contribution in [0.2, 0.25) is 0 Å². The summed E-state index contributed by atoms with van der Waals surface area (Å²) < 4.78 is 0. The van der Waals surface area contributed by atoms with Crippen LogP contribution in [0, 0.1) is 0 Å². The van der Waals surface area contributed by atoms with Crippen LogP contribution in [0.25, 0.3) is 10.2 Å². The summed E-state index contributed by atoms with van der Waals surface area (Å²) in [7, 11) is 0. The van der Waals surface area contributed by atoms with Crippen LogP contribution in [-0.2, 0) is 11.2 Å². The first-order valence-corrected chi connectivity index (χ1v) is 7.27. The number of rotatable bonds is 6. The molecule has 102 valence electrons. The normalized spacial score (nSPS) is 12.5. The summed E-state index contributed by atoms with van der Waals surface area (Å²) in [6, 6.07) is 1.32. The number of aryl methyl sites for hydroxylation is 1. The Hall–Kier alpha value is -1.69. The minimum atomic E-state index is -0.845. The van der Waals surface area contributed by atoms with Crippen molar-refractivity contribution in [2.45, 2.75) is 39.2 Å². The lowest BCUT2D eigenvalue weighted by atomic mass is 10.1. The minimum Gasteiger partial charge on any atom is -0.480 e. The second-order valence-electron chi connectivity index (χ2n) is 4.31. The molecule has 2 aromatic heterocycles. The second-order valence-corrected chi connectivity index (χ2v) is 5.20. The Morgan fingerprint density at radius 3 is 2.89 bits per heavy atom. The molecule has 0 aliphatic carbocycles. The van der Waals surface area contributed by atoms with Crippen LogP contribution < -0.4 is 5.32 Å². The molecule has 0 fully saturated rings. The molecular weight excluding hydrogens is 262 g/mol. The Morgan fingerprint density at radius 2 is 2.26 bits per heavy atom. The molecule has 0 saturated carbocycles. The van der Waals surface area contributed by atoms with E-state index in [9.17, 15) is 9.90 Å². The third-order valence-corrected chi connectivity index (χ3v) is 3.68. The van der Waals surface area contributed by atoms with Crippen molar-refractivity contribution in [3.8, 4) is 0 Å². The van der Waals surface area contributed by atoms with Crippen LogP contribution in [-0.4, -0.2) is 27.1 Å². The highest BCUT2D eigenvalue weighted by Gasteiger charge is 2.18. The van der Waals surface area contributed by atoms with Crippen LogP contribution >= 0.6 is 11.3 Å². The first-order chi connectivity index (χ1) is 9.15. The van der Waals surface area contributed by atoms with E-state index in [4.69, 9.17) is 0 Å². The van der Waals surface area contributed by atoms with E-state index < -0.39 is 12.0 Å². The Morgan fingerprint density at radius 1 is 1.47 bits per heavy atom. The smallest absolute Gasteiger partial charge is 0.326 e. The maximum Gasteiger partial charge on any atom is 0.326 e. The highest BCUT2D eigenvalue weighted by atomic mass is 32.1. The number of carboxylic acids is 1. The summed E-state index contributed by atoms with van der Waals surface area (Å²) in [5, 5.41) is 15.1. The maximum atomic E-state index is 11.2.